The third kappa shape index (κ3) is 2.03. The molecule has 1 amide bonds. The lowest BCUT2D eigenvalue weighted by atomic mass is 10.2. The normalized spacial score (nSPS) is 21.4. The van der Waals surface area contributed by atoms with Gasteiger partial charge in [0.2, 0.25) is 0 Å². The van der Waals surface area contributed by atoms with Gasteiger partial charge in [-0.3, -0.25) is 4.79 Å². The largest absolute Gasteiger partial charge is 0.361 e. The molecular formula is C14H17N5O2. The molecule has 7 heteroatoms. The summed E-state index contributed by atoms with van der Waals surface area (Å²) in [6.45, 7) is 5.07. The highest BCUT2D eigenvalue weighted by Gasteiger charge is 2.35. The van der Waals surface area contributed by atoms with Gasteiger partial charge in [0.05, 0.1) is 12.6 Å². The summed E-state index contributed by atoms with van der Waals surface area (Å²) in [5.74, 6) is 2.86. The highest BCUT2D eigenvalue weighted by molar-refractivity contribution is 5.92. The molecule has 1 fully saturated rings. The molecule has 7 nitrogen and oxygen atoms in total. The predicted molar refractivity (Wildman–Crippen MR) is 72.7 cm³/mol. The van der Waals surface area contributed by atoms with E-state index in [1.165, 1.54) is 12.8 Å². The van der Waals surface area contributed by atoms with Crippen molar-refractivity contribution in [3.63, 3.8) is 0 Å². The van der Waals surface area contributed by atoms with Crippen molar-refractivity contribution >= 4 is 5.91 Å². The van der Waals surface area contributed by atoms with Crippen molar-refractivity contribution in [3.8, 4) is 0 Å². The lowest BCUT2D eigenvalue weighted by molar-refractivity contribution is 0.0620. The third-order valence-electron chi connectivity index (χ3n) is 4.16. The van der Waals surface area contributed by atoms with E-state index in [2.05, 4.69) is 15.2 Å². The molecule has 0 aromatic carbocycles. The fraction of sp³-hybridized carbons (Fsp3) is 0.571. The lowest BCUT2D eigenvalue weighted by Gasteiger charge is -2.32. The first kappa shape index (κ1) is 12.6. The molecule has 3 heterocycles. The van der Waals surface area contributed by atoms with E-state index in [9.17, 15) is 4.79 Å². The monoisotopic (exact) mass is 287 g/mol. The van der Waals surface area contributed by atoms with Gasteiger partial charge in [-0.25, -0.2) is 9.67 Å². The summed E-state index contributed by atoms with van der Waals surface area (Å²) in [6.07, 6.45) is 2.36. The molecule has 4 rings (SSSR count). The number of hydrogen-bond donors (Lipinski definition) is 0. The summed E-state index contributed by atoms with van der Waals surface area (Å²) in [7, 11) is 0. The van der Waals surface area contributed by atoms with Gasteiger partial charge in [-0.15, -0.1) is 0 Å². The Morgan fingerprint density at radius 2 is 2.19 bits per heavy atom. The molecule has 0 saturated heterocycles. The van der Waals surface area contributed by atoms with Crippen molar-refractivity contribution in [2.75, 3.05) is 6.54 Å². The van der Waals surface area contributed by atoms with E-state index in [-0.39, 0.29) is 11.9 Å². The Labute approximate surface area is 121 Å². The van der Waals surface area contributed by atoms with Crippen LogP contribution in [0.1, 0.15) is 59.6 Å². The van der Waals surface area contributed by atoms with Crippen LogP contribution in [-0.2, 0) is 6.54 Å². The number of nitrogens with zero attached hydrogens (tertiary/aromatic N) is 5. The molecule has 0 radical (unpaired) electrons. The van der Waals surface area contributed by atoms with Crippen molar-refractivity contribution in [1.82, 2.24) is 24.8 Å². The van der Waals surface area contributed by atoms with E-state index in [4.69, 9.17) is 4.52 Å². The predicted octanol–water partition coefficient (Wildman–Crippen LogP) is 1.67. The molecule has 0 unspecified atom stereocenters. The molecule has 110 valence electrons. The second kappa shape index (κ2) is 4.41. The van der Waals surface area contributed by atoms with Gasteiger partial charge in [-0.05, 0) is 26.7 Å². The molecule has 1 aliphatic heterocycles. The Kier molecular flexibility index (Phi) is 2.63. The first-order valence-electron chi connectivity index (χ1n) is 7.32. The van der Waals surface area contributed by atoms with E-state index < -0.39 is 0 Å². The molecule has 1 atom stereocenters. The van der Waals surface area contributed by atoms with Crippen LogP contribution in [0.25, 0.3) is 0 Å². The molecule has 0 N–H and O–H groups in total. The Morgan fingerprint density at radius 3 is 2.86 bits per heavy atom. The SMILES string of the molecule is Cc1cc(C(=O)N2CCn3nc(C4CC4)nc3[C@H]2C)no1. The first-order valence-corrected chi connectivity index (χ1v) is 7.32. The van der Waals surface area contributed by atoms with E-state index >= 15 is 0 Å². The van der Waals surface area contributed by atoms with Crippen LogP contribution in [0.3, 0.4) is 0 Å². The zero-order valence-electron chi connectivity index (χ0n) is 12.1. The number of carbonyl (C=O) groups excluding carboxylic acids is 1. The highest BCUT2D eigenvalue weighted by Crippen LogP contribution is 2.39. The number of carbonyl (C=O) groups is 1. The minimum atomic E-state index is -0.110. The Hall–Kier alpha value is -2.18. The van der Waals surface area contributed by atoms with Gasteiger partial charge in [0.15, 0.2) is 11.5 Å². The molecule has 0 bridgehead atoms. The standard InChI is InChI=1S/C14H17N5O2/c1-8-7-11(17-21-8)14(20)18-5-6-19-13(9(18)2)15-12(16-19)10-3-4-10/h7,9-10H,3-6H2,1-2H3/t9-/m1/s1. The number of aromatic nitrogens is 4. The van der Waals surface area contributed by atoms with Crippen molar-refractivity contribution in [1.29, 1.82) is 0 Å². The third-order valence-corrected chi connectivity index (χ3v) is 4.16. The van der Waals surface area contributed by atoms with E-state index in [1.54, 1.807) is 17.9 Å². The fourth-order valence-electron chi connectivity index (χ4n) is 2.79. The quantitative estimate of drug-likeness (QED) is 0.839. The van der Waals surface area contributed by atoms with Crippen LogP contribution >= 0.6 is 0 Å². The minimum absolute atomic E-state index is 0.0942. The van der Waals surface area contributed by atoms with Crippen molar-refractivity contribution in [2.24, 2.45) is 0 Å². The highest BCUT2D eigenvalue weighted by atomic mass is 16.5. The Bertz CT molecular complexity index is 700. The number of aryl methyl sites for hydroxylation is 1. The molecular weight excluding hydrogens is 270 g/mol. The van der Waals surface area contributed by atoms with Crippen LogP contribution in [0.2, 0.25) is 0 Å². The fourth-order valence-corrected chi connectivity index (χ4v) is 2.79. The van der Waals surface area contributed by atoms with Gasteiger partial charge < -0.3 is 9.42 Å². The molecule has 0 spiro atoms. The maximum absolute atomic E-state index is 12.5. The average molecular weight is 287 g/mol. The van der Waals surface area contributed by atoms with Crippen molar-refractivity contribution < 1.29 is 9.32 Å². The number of amides is 1. The Morgan fingerprint density at radius 1 is 1.38 bits per heavy atom. The lowest BCUT2D eigenvalue weighted by Crippen LogP contribution is -2.41. The molecule has 2 aromatic rings. The van der Waals surface area contributed by atoms with E-state index in [0.29, 0.717) is 30.5 Å². The molecule has 21 heavy (non-hydrogen) atoms. The van der Waals surface area contributed by atoms with Gasteiger partial charge >= 0.3 is 0 Å². The summed E-state index contributed by atoms with van der Waals surface area (Å²) < 4.78 is 6.93. The first-order chi connectivity index (χ1) is 10.1. The van der Waals surface area contributed by atoms with Crippen molar-refractivity contribution in [3.05, 3.63) is 29.2 Å². The Balaban J connectivity index is 1.61. The van der Waals surface area contributed by atoms with E-state index in [1.807, 2.05) is 11.6 Å². The topological polar surface area (TPSA) is 77.1 Å². The van der Waals surface area contributed by atoms with Gasteiger partial charge in [-0.2, -0.15) is 5.10 Å². The number of fused-ring (bicyclic) bond motifs is 1. The second-order valence-corrected chi connectivity index (χ2v) is 5.82. The van der Waals surface area contributed by atoms with Crippen LogP contribution in [-0.4, -0.2) is 37.3 Å². The maximum atomic E-state index is 12.5. The molecule has 2 aromatic heterocycles. The summed E-state index contributed by atoms with van der Waals surface area (Å²) in [4.78, 5) is 19.0. The minimum Gasteiger partial charge on any atom is -0.361 e. The smallest absolute Gasteiger partial charge is 0.276 e. The van der Waals surface area contributed by atoms with Crippen LogP contribution in [0.15, 0.2) is 10.6 Å². The molecule has 2 aliphatic rings. The number of hydrogen-bond acceptors (Lipinski definition) is 5. The van der Waals surface area contributed by atoms with E-state index in [0.717, 1.165) is 11.6 Å². The number of rotatable bonds is 2. The molecule has 1 aliphatic carbocycles. The van der Waals surface area contributed by atoms with Gasteiger partial charge in [0, 0.05) is 18.5 Å². The molecule has 1 saturated carbocycles. The van der Waals surface area contributed by atoms with Crippen molar-refractivity contribution in [2.45, 2.75) is 45.2 Å². The van der Waals surface area contributed by atoms with Gasteiger partial charge in [0.1, 0.15) is 11.6 Å². The van der Waals surface area contributed by atoms with Crippen LogP contribution in [0.5, 0.6) is 0 Å². The summed E-state index contributed by atoms with van der Waals surface area (Å²) >= 11 is 0. The van der Waals surface area contributed by atoms with Gasteiger partial charge in [0.25, 0.3) is 5.91 Å². The summed E-state index contributed by atoms with van der Waals surface area (Å²) in [5, 5.41) is 8.38. The van der Waals surface area contributed by atoms with Crippen LogP contribution in [0, 0.1) is 6.92 Å². The zero-order chi connectivity index (χ0) is 14.6. The summed E-state index contributed by atoms with van der Waals surface area (Å²) in [5.41, 5.74) is 0.356. The maximum Gasteiger partial charge on any atom is 0.276 e. The second-order valence-electron chi connectivity index (χ2n) is 5.82. The van der Waals surface area contributed by atoms with Gasteiger partial charge in [-0.1, -0.05) is 5.16 Å². The van der Waals surface area contributed by atoms with Crippen LogP contribution < -0.4 is 0 Å². The zero-order valence-corrected chi connectivity index (χ0v) is 12.1. The average Bonchev–Trinajstić information content (AvgIpc) is 3.08. The van der Waals surface area contributed by atoms with Crippen LogP contribution in [0.4, 0.5) is 0 Å². The summed E-state index contributed by atoms with van der Waals surface area (Å²) in [6, 6.07) is 1.58.